The van der Waals surface area contributed by atoms with Gasteiger partial charge in [-0.05, 0) is 26.0 Å². The second kappa shape index (κ2) is 6.29. The molecular formula is C19H17F2NO3. The van der Waals surface area contributed by atoms with Crippen LogP contribution in [0, 0.1) is 18.6 Å². The van der Waals surface area contributed by atoms with Crippen molar-refractivity contribution in [2.45, 2.75) is 19.4 Å². The van der Waals surface area contributed by atoms with Crippen molar-refractivity contribution in [3.8, 4) is 0 Å². The Hall–Kier alpha value is -2.73. The molecule has 0 aliphatic heterocycles. The van der Waals surface area contributed by atoms with Crippen LogP contribution in [0.2, 0.25) is 0 Å². The van der Waals surface area contributed by atoms with Gasteiger partial charge in [0.15, 0.2) is 5.76 Å². The molecule has 6 heteroatoms. The molecule has 130 valence electrons. The van der Waals surface area contributed by atoms with Crippen LogP contribution in [0.5, 0.6) is 0 Å². The monoisotopic (exact) mass is 345 g/mol. The lowest BCUT2D eigenvalue weighted by Gasteiger charge is -2.24. The fourth-order valence-corrected chi connectivity index (χ4v) is 2.75. The molecule has 0 radical (unpaired) electrons. The average Bonchev–Trinajstić information content (AvgIpc) is 2.90. The number of para-hydroxylation sites is 1. The molecule has 1 unspecified atom stereocenters. The van der Waals surface area contributed by atoms with Gasteiger partial charge in [-0.25, -0.2) is 8.78 Å². The molecule has 1 atom stereocenters. The summed E-state index contributed by atoms with van der Waals surface area (Å²) < 4.78 is 32.4. The first-order valence-corrected chi connectivity index (χ1v) is 7.74. The molecule has 1 heterocycles. The standard InChI is InChI=1S/C19H17F2NO3/c1-11-13-5-3-4-6-16(13)25-17(11)18(23)22-10-19(2,24)14-8-7-12(20)9-15(14)21/h3-9,24H,10H2,1-2H3,(H,22,23). The topological polar surface area (TPSA) is 62.5 Å². The van der Waals surface area contributed by atoms with Crippen molar-refractivity contribution in [1.82, 2.24) is 5.32 Å². The number of benzene rings is 2. The second-order valence-corrected chi connectivity index (χ2v) is 6.13. The normalized spacial score (nSPS) is 13.6. The van der Waals surface area contributed by atoms with Crippen LogP contribution in [0.3, 0.4) is 0 Å². The lowest BCUT2D eigenvalue weighted by Crippen LogP contribution is -2.39. The van der Waals surface area contributed by atoms with E-state index < -0.39 is 23.1 Å². The average molecular weight is 345 g/mol. The summed E-state index contributed by atoms with van der Waals surface area (Å²) in [6, 6.07) is 10.1. The molecule has 25 heavy (non-hydrogen) atoms. The first-order chi connectivity index (χ1) is 11.8. The third-order valence-electron chi connectivity index (χ3n) is 4.15. The summed E-state index contributed by atoms with van der Waals surface area (Å²) in [6.07, 6.45) is 0. The summed E-state index contributed by atoms with van der Waals surface area (Å²) in [5.41, 5.74) is -0.536. The molecule has 3 rings (SSSR count). The number of aliphatic hydroxyl groups is 1. The number of carbonyl (C=O) groups excluding carboxylic acids is 1. The molecule has 2 N–H and O–H groups in total. The summed E-state index contributed by atoms with van der Waals surface area (Å²) in [6.45, 7) is 2.85. The van der Waals surface area contributed by atoms with E-state index in [4.69, 9.17) is 4.42 Å². The summed E-state index contributed by atoms with van der Waals surface area (Å²) >= 11 is 0. The quantitative estimate of drug-likeness (QED) is 0.759. The molecule has 0 bridgehead atoms. The number of hydrogen-bond acceptors (Lipinski definition) is 3. The highest BCUT2D eigenvalue weighted by molar-refractivity contribution is 5.98. The number of amides is 1. The number of hydrogen-bond donors (Lipinski definition) is 2. The van der Waals surface area contributed by atoms with Crippen LogP contribution in [0.25, 0.3) is 11.0 Å². The van der Waals surface area contributed by atoms with E-state index >= 15 is 0 Å². The van der Waals surface area contributed by atoms with Gasteiger partial charge in [-0.15, -0.1) is 0 Å². The zero-order valence-electron chi connectivity index (χ0n) is 13.8. The highest BCUT2D eigenvalue weighted by atomic mass is 19.1. The zero-order valence-corrected chi connectivity index (χ0v) is 13.8. The Labute approximate surface area is 143 Å². The van der Waals surface area contributed by atoms with Crippen molar-refractivity contribution in [2.75, 3.05) is 6.54 Å². The third kappa shape index (κ3) is 3.25. The number of rotatable bonds is 4. The smallest absolute Gasteiger partial charge is 0.287 e. The maximum absolute atomic E-state index is 13.9. The number of aryl methyl sites for hydroxylation is 1. The van der Waals surface area contributed by atoms with E-state index in [2.05, 4.69) is 5.32 Å². The summed E-state index contributed by atoms with van der Waals surface area (Å²) in [5, 5.41) is 13.8. The van der Waals surface area contributed by atoms with E-state index in [9.17, 15) is 18.7 Å². The van der Waals surface area contributed by atoms with Gasteiger partial charge in [0.05, 0.1) is 6.54 Å². The molecule has 1 amide bonds. The summed E-state index contributed by atoms with van der Waals surface area (Å²) in [4.78, 5) is 12.4. The number of halogens is 2. The maximum Gasteiger partial charge on any atom is 0.287 e. The molecule has 0 saturated carbocycles. The third-order valence-corrected chi connectivity index (χ3v) is 4.15. The Morgan fingerprint density at radius 2 is 1.96 bits per heavy atom. The van der Waals surface area contributed by atoms with Crippen LogP contribution in [-0.4, -0.2) is 17.6 Å². The zero-order chi connectivity index (χ0) is 18.2. The van der Waals surface area contributed by atoms with Gasteiger partial charge < -0.3 is 14.8 Å². The lowest BCUT2D eigenvalue weighted by molar-refractivity contribution is 0.0488. The lowest BCUT2D eigenvalue weighted by atomic mass is 9.95. The fourth-order valence-electron chi connectivity index (χ4n) is 2.75. The molecule has 2 aromatic carbocycles. The second-order valence-electron chi connectivity index (χ2n) is 6.13. The molecule has 0 spiro atoms. The number of nitrogens with one attached hydrogen (secondary N) is 1. The van der Waals surface area contributed by atoms with Crippen LogP contribution >= 0.6 is 0 Å². The summed E-state index contributed by atoms with van der Waals surface area (Å²) in [7, 11) is 0. The van der Waals surface area contributed by atoms with Gasteiger partial charge in [0.2, 0.25) is 0 Å². The van der Waals surface area contributed by atoms with Gasteiger partial charge in [-0.3, -0.25) is 4.79 Å². The first-order valence-electron chi connectivity index (χ1n) is 7.74. The van der Waals surface area contributed by atoms with Crippen LogP contribution in [0.1, 0.15) is 28.6 Å². The molecule has 0 saturated heterocycles. The Bertz CT molecular complexity index is 947. The minimum Gasteiger partial charge on any atom is -0.451 e. The van der Waals surface area contributed by atoms with E-state index in [1.165, 1.54) is 6.92 Å². The van der Waals surface area contributed by atoms with Gasteiger partial charge in [0.1, 0.15) is 22.8 Å². The SMILES string of the molecule is Cc1c(C(=O)NCC(C)(O)c2ccc(F)cc2F)oc2ccccc12. The fraction of sp³-hybridized carbons (Fsp3) is 0.211. The molecule has 3 aromatic rings. The number of carbonyl (C=O) groups is 1. The molecule has 1 aromatic heterocycles. The van der Waals surface area contributed by atoms with Crippen LogP contribution in [-0.2, 0) is 5.60 Å². The molecule has 0 aliphatic rings. The Morgan fingerprint density at radius 1 is 1.24 bits per heavy atom. The van der Waals surface area contributed by atoms with E-state index in [0.717, 1.165) is 17.5 Å². The van der Waals surface area contributed by atoms with Gasteiger partial charge in [0.25, 0.3) is 5.91 Å². The Balaban J connectivity index is 1.79. The predicted octanol–water partition coefficient (Wildman–Crippen LogP) is 3.66. The van der Waals surface area contributed by atoms with Crippen molar-refractivity contribution >= 4 is 16.9 Å². The highest BCUT2D eigenvalue weighted by Crippen LogP contribution is 2.26. The molecule has 4 nitrogen and oxygen atoms in total. The van der Waals surface area contributed by atoms with Crippen LogP contribution in [0.15, 0.2) is 46.9 Å². The van der Waals surface area contributed by atoms with Gasteiger partial charge in [-0.2, -0.15) is 0 Å². The van der Waals surface area contributed by atoms with E-state index in [-0.39, 0.29) is 17.9 Å². The van der Waals surface area contributed by atoms with Gasteiger partial charge in [-0.1, -0.05) is 24.3 Å². The van der Waals surface area contributed by atoms with Crippen LogP contribution in [0.4, 0.5) is 8.78 Å². The van der Waals surface area contributed by atoms with Crippen molar-refractivity contribution < 1.29 is 23.1 Å². The van der Waals surface area contributed by atoms with E-state index in [0.29, 0.717) is 17.2 Å². The highest BCUT2D eigenvalue weighted by Gasteiger charge is 2.28. The molecule has 0 aliphatic carbocycles. The Kier molecular flexibility index (Phi) is 4.30. The minimum absolute atomic E-state index is 0.101. The van der Waals surface area contributed by atoms with Gasteiger partial charge in [0, 0.05) is 22.6 Å². The van der Waals surface area contributed by atoms with Crippen molar-refractivity contribution in [3.63, 3.8) is 0 Å². The number of fused-ring (bicyclic) bond motifs is 1. The largest absolute Gasteiger partial charge is 0.451 e. The molecule has 0 fully saturated rings. The van der Waals surface area contributed by atoms with Crippen molar-refractivity contribution in [3.05, 3.63) is 71.0 Å². The van der Waals surface area contributed by atoms with E-state index in [1.807, 2.05) is 12.1 Å². The van der Waals surface area contributed by atoms with Crippen LogP contribution < -0.4 is 5.32 Å². The van der Waals surface area contributed by atoms with Crippen molar-refractivity contribution in [1.29, 1.82) is 0 Å². The van der Waals surface area contributed by atoms with Crippen molar-refractivity contribution in [2.24, 2.45) is 0 Å². The predicted molar refractivity (Wildman–Crippen MR) is 89.2 cm³/mol. The Morgan fingerprint density at radius 3 is 2.64 bits per heavy atom. The summed E-state index contributed by atoms with van der Waals surface area (Å²) in [5.74, 6) is -1.99. The molecular weight excluding hydrogens is 328 g/mol. The van der Waals surface area contributed by atoms with Gasteiger partial charge >= 0.3 is 0 Å². The van der Waals surface area contributed by atoms with E-state index in [1.54, 1.807) is 19.1 Å². The maximum atomic E-state index is 13.9. The minimum atomic E-state index is -1.70. The number of furan rings is 1. The first kappa shape index (κ1) is 17.1.